The van der Waals surface area contributed by atoms with Gasteiger partial charge in [0.2, 0.25) is 0 Å². The molecule has 0 unspecified atom stereocenters. The standard InChI is InChI=1S/C14H12BrClFNO/c1-8-5-10(15)6-12(18)14(8)19-7-9-3-2-4-11(16)13(9)17/h2-6H,7,18H2,1H3. The van der Waals surface area contributed by atoms with E-state index in [-0.39, 0.29) is 11.6 Å². The molecule has 0 fully saturated rings. The molecule has 2 nitrogen and oxygen atoms in total. The third-order valence-corrected chi connectivity index (χ3v) is 3.42. The smallest absolute Gasteiger partial charge is 0.148 e. The van der Waals surface area contributed by atoms with E-state index in [9.17, 15) is 4.39 Å². The number of hydrogen-bond donors (Lipinski definition) is 1. The van der Waals surface area contributed by atoms with E-state index in [1.54, 1.807) is 18.2 Å². The zero-order valence-electron chi connectivity index (χ0n) is 10.2. The average molecular weight is 345 g/mol. The molecule has 0 radical (unpaired) electrons. The fraction of sp³-hybridized carbons (Fsp3) is 0.143. The highest BCUT2D eigenvalue weighted by Crippen LogP contribution is 2.31. The van der Waals surface area contributed by atoms with Crippen molar-refractivity contribution in [3.05, 3.63) is 56.8 Å². The van der Waals surface area contributed by atoms with Crippen LogP contribution < -0.4 is 10.5 Å². The molecule has 19 heavy (non-hydrogen) atoms. The number of hydrogen-bond acceptors (Lipinski definition) is 2. The SMILES string of the molecule is Cc1cc(Br)cc(N)c1OCc1cccc(Cl)c1F. The molecule has 2 aromatic carbocycles. The quantitative estimate of drug-likeness (QED) is 0.818. The summed E-state index contributed by atoms with van der Waals surface area (Å²) in [4.78, 5) is 0. The highest BCUT2D eigenvalue weighted by molar-refractivity contribution is 9.10. The Kier molecular flexibility index (Phi) is 4.32. The summed E-state index contributed by atoms with van der Waals surface area (Å²) >= 11 is 9.07. The van der Waals surface area contributed by atoms with Gasteiger partial charge in [-0.05, 0) is 30.7 Å². The predicted octanol–water partition coefficient (Wildman–Crippen LogP) is 4.71. The summed E-state index contributed by atoms with van der Waals surface area (Å²) in [7, 11) is 0. The molecule has 0 aliphatic heterocycles. The Morgan fingerprint density at radius 3 is 2.79 bits per heavy atom. The lowest BCUT2D eigenvalue weighted by Gasteiger charge is -2.13. The number of aryl methyl sites for hydroxylation is 1. The molecule has 0 bridgehead atoms. The van der Waals surface area contributed by atoms with Crippen LogP contribution in [0.15, 0.2) is 34.8 Å². The maximum absolute atomic E-state index is 13.7. The molecule has 0 aliphatic rings. The first-order chi connectivity index (χ1) is 8.99. The van der Waals surface area contributed by atoms with Gasteiger partial charge < -0.3 is 10.5 Å². The lowest BCUT2D eigenvalue weighted by Crippen LogP contribution is -2.02. The minimum absolute atomic E-state index is 0.0824. The van der Waals surface area contributed by atoms with Crippen LogP contribution >= 0.6 is 27.5 Å². The van der Waals surface area contributed by atoms with E-state index in [4.69, 9.17) is 22.1 Å². The maximum Gasteiger partial charge on any atom is 0.148 e. The van der Waals surface area contributed by atoms with Crippen molar-refractivity contribution in [2.45, 2.75) is 13.5 Å². The molecule has 0 amide bonds. The molecule has 0 aromatic heterocycles. The molecule has 0 saturated carbocycles. The highest BCUT2D eigenvalue weighted by atomic mass is 79.9. The lowest BCUT2D eigenvalue weighted by atomic mass is 10.2. The van der Waals surface area contributed by atoms with Gasteiger partial charge in [-0.3, -0.25) is 0 Å². The summed E-state index contributed by atoms with van der Waals surface area (Å²) in [6.07, 6.45) is 0. The van der Waals surface area contributed by atoms with E-state index in [2.05, 4.69) is 15.9 Å². The topological polar surface area (TPSA) is 35.2 Å². The zero-order valence-corrected chi connectivity index (χ0v) is 12.6. The molecule has 0 spiro atoms. The van der Waals surface area contributed by atoms with Crippen molar-refractivity contribution in [3.8, 4) is 5.75 Å². The van der Waals surface area contributed by atoms with Crippen molar-refractivity contribution < 1.29 is 9.13 Å². The second-order valence-corrected chi connectivity index (χ2v) is 5.47. The molecular formula is C14H12BrClFNO. The van der Waals surface area contributed by atoms with Crippen molar-refractivity contribution in [3.63, 3.8) is 0 Å². The average Bonchev–Trinajstić information content (AvgIpc) is 2.33. The van der Waals surface area contributed by atoms with Gasteiger partial charge in [-0.2, -0.15) is 0 Å². The monoisotopic (exact) mass is 343 g/mol. The number of anilines is 1. The molecule has 2 N–H and O–H groups in total. The molecule has 0 saturated heterocycles. The van der Waals surface area contributed by atoms with Crippen molar-refractivity contribution in [2.75, 3.05) is 5.73 Å². The number of halogens is 3. The molecule has 100 valence electrons. The van der Waals surface area contributed by atoms with Gasteiger partial charge in [0.1, 0.15) is 18.2 Å². The fourth-order valence-electron chi connectivity index (χ4n) is 1.76. The summed E-state index contributed by atoms with van der Waals surface area (Å²) < 4.78 is 20.2. The van der Waals surface area contributed by atoms with Crippen molar-refractivity contribution in [1.29, 1.82) is 0 Å². The van der Waals surface area contributed by atoms with E-state index in [1.807, 2.05) is 13.0 Å². The second-order valence-electron chi connectivity index (χ2n) is 4.14. The van der Waals surface area contributed by atoms with E-state index in [0.717, 1.165) is 10.0 Å². The number of nitrogens with two attached hydrogens (primary N) is 1. The third kappa shape index (κ3) is 3.19. The van der Waals surface area contributed by atoms with Crippen LogP contribution in [0.25, 0.3) is 0 Å². The van der Waals surface area contributed by atoms with Gasteiger partial charge in [0.25, 0.3) is 0 Å². The molecule has 5 heteroatoms. The van der Waals surface area contributed by atoms with Gasteiger partial charge in [0.05, 0.1) is 10.7 Å². The first-order valence-corrected chi connectivity index (χ1v) is 6.77. The van der Waals surface area contributed by atoms with Crippen LogP contribution in [-0.4, -0.2) is 0 Å². The zero-order chi connectivity index (χ0) is 14.0. The van der Waals surface area contributed by atoms with Crippen LogP contribution in [0.4, 0.5) is 10.1 Å². The first-order valence-electron chi connectivity index (χ1n) is 5.60. The van der Waals surface area contributed by atoms with Crippen molar-refractivity contribution >= 4 is 33.2 Å². The van der Waals surface area contributed by atoms with Crippen molar-refractivity contribution in [2.24, 2.45) is 0 Å². The highest BCUT2D eigenvalue weighted by Gasteiger charge is 2.10. The van der Waals surface area contributed by atoms with E-state index >= 15 is 0 Å². The van der Waals surface area contributed by atoms with Crippen LogP contribution in [-0.2, 0) is 6.61 Å². The Balaban J connectivity index is 2.22. The first kappa shape index (κ1) is 14.2. The number of benzene rings is 2. The Morgan fingerprint density at radius 1 is 1.37 bits per heavy atom. The number of ether oxygens (including phenoxy) is 1. The van der Waals surface area contributed by atoms with Gasteiger partial charge in [-0.1, -0.05) is 39.7 Å². The molecular weight excluding hydrogens is 333 g/mol. The molecule has 2 rings (SSSR count). The van der Waals surface area contributed by atoms with Crippen LogP contribution in [0.5, 0.6) is 5.75 Å². The molecule has 2 aromatic rings. The van der Waals surface area contributed by atoms with E-state index < -0.39 is 5.82 Å². The Bertz CT molecular complexity index is 595. The summed E-state index contributed by atoms with van der Waals surface area (Å²) in [6, 6.07) is 8.45. The predicted molar refractivity (Wildman–Crippen MR) is 79.0 cm³/mol. The third-order valence-electron chi connectivity index (χ3n) is 2.67. The molecule has 0 aliphatic carbocycles. The van der Waals surface area contributed by atoms with Gasteiger partial charge in [0, 0.05) is 10.0 Å². The summed E-state index contributed by atoms with van der Waals surface area (Å²) in [5, 5.41) is 0.0848. The summed E-state index contributed by atoms with van der Waals surface area (Å²) in [5.41, 5.74) is 7.67. The Morgan fingerprint density at radius 2 is 2.11 bits per heavy atom. The minimum atomic E-state index is -0.461. The minimum Gasteiger partial charge on any atom is -0.486 e. The van der Waals surface area contributed by atoms with Crippen LogP contribution in [0.2, 0.25) is 5.02 Å². The normalized spacial score (nSPS) is 10.5. The number of nitrogen functional groups attached to an aromatic ring is 1. The molecule has 0 heterocycles. The van der Waals surface area contributed by atoms with Crippen molar-refractivity contribution in [1.82, 2.24) is 0 Å². The van der Waals surface area contributed by atoms with Gasteiger partial charge in [-0.15, -0.1) is 0 Å². The molecule has 0 atom stereocenters. The lowest BCUT2D eigenvalue weighted by molar-refractivity contribution is 0.299. The maximum atomic E-state index is 13.7. The Hall–Kier alpha value is -1.26. The van der Waals surface area contributed by atoms with E-state index in [1.165, 1.54) is 6.07 Å². The van der Waals surface area contributed by atoms with Gasteiger partial charge in [-0.25, -0.2) is 4.39 Å². The van der Waals surface area contributed by atoms with Gasteiger partial charge >= 0.3 is 0 Å². The van der Waals surface area contributed by atoms with Crippen LogP contribution in [0.1, 0.15) is 11.1 Å². The summed E-state index contributed by atoms with van der Waals surface area (Å²) in [6.45, 7) is 1.96. The number of rotatable bonds is 3. The van der Waals surface area contributed by atoms with Gasteiger partial charge in [0.15, 0.2) is 0 Å². The fourth-order valence-corrected chi connectivity index (χ4v) is 2.55. The summed E-state index contributed by atoms with van der Waals surface area (Å²) in [5.74, 6) is 0.0973. The largest absolute Gasteiger partial charge is 0.486 e. The van der Waals surface area contributed by atoms with Crippen LogP contribution in [0.3, 0.4) is 0 Å². The van der Waals surface area contributed by atoms with Crippen LogP contribution in [0, 0.1) is 12.7 Å². The Labute approximate surface area is 124 Å². The van der Waals surface area contributed by atoms with E-state index in [0.29, 0.717) is 17.0 Å². The second kappa shape index (κ2) is 5.80.